The third-order valence-corrected chi connectivity index (χ3v) is 2.20. The first kappa shape index (κ1) is 13.9. The van der Waals surface area contributed by atoms with Crippen molar-refractivity contribution >= 4 is 0 Å². The minimum Gasteiger partial charge on any atom is -0.378 e. The average molecular weight is 201 g/mol. The highest BCUT2D eigenvalue weighted by molar-refractivity contribution is 4.57. The summed E-state index contributed by atoms with van der Waals surface area (Å²) in [6.07, 6.45) is 2.66. The van der Waals surface area contributed by atoms with E-state index in [1.807, 2.05) is 0 Å². The fourth-order valence-corrected chi connectivity index (χ4v) is 1.16. The van der Waals surface area contributed by atoms with Gasteiger partial charge < -0.3 is 10.1 Å². The van der Waals surface area contributed by atoms with Gasteiger partial charge in [-0.15, -0.1) is 0 Å². The molecular weight excluding hydrogens is 174 g/mol. The zero-order valence-electron chi connectivity index (χ0n) is 10.5. The fourth-order valence-electron chi connectivity index (χ4n) is 1.16. The van der Waals surface area contributed by atoms with Crippen molar-refractivity contribution in [2.45, 2.75) is 59.6 Å². The maximum Gasteiger partial charge on any atom is 0.0559 e. The maximum absolute atomic E-state index is 5.69. The van der Waals surface area contributed by atoms with Crippen LogP contribution in [0.15, 0.2) is 0 Å². The van der Waals surface area contributed by atoms with Gasteiger partial charge in [-0.1, -0.05) is 27.7 Å². The molecule has 0 heterocycles. The normalized spacial score (nSPS) is 13.9. The van der Waals surface area contributed by atoms with Crippen LogP contribution in [0.3, 0.4) is 0 Å². The van der Waals surface area contributed by atoms with Crippen LogP contribution in [0.25, 0.3) is 0 Å². The van der Waals surface area contributed by atoms with Crippen molar-refractivity contribution < 1.29 is 4.74 Å². The summed E-state index contributed by atoms with van der Waals surface area (Å²) in [6.45, 7) is 12.9. The summed E-state index contributed by atoms with van der Waals surface area (Å²) in [5.74, 6) is 0.746. The SMILES string of the molecule is CC(C)CCOC(C)CCNC(C)C. The molecule has 0 fully saturated rings. The van der Waals surface area contributed by atoms with Crippen LogP contribution < -0.4 is 5.32 Å². The van der Waals surface area contributed by atoms with E-state index in [4.69, 9.17) is 4.74 Å². The van der Waals surface area contributed by atoms with E-state index in [0.29, 0.717) is 12.1 Å². The molecule has 86 valence electrons. The molecule has 0 aliphatic carbocycles. The van der Waals surface area contributed by atoms with Crippen LogP contribution in [-0.4, -0.2) is 25.3 Å². The molecule has 0 aliphatic rings. The molecule has 1 atom stereocenters. The van der Waals surface area contributed by atoms with Crippen molar-refractivity contribution in [3.8, 4) is 0 Å². The lowest BCUT2D eigenvalue weighted by molar-refractivity contribution is 0.0532. The maximum atomic E-state index is 5.69. The Morgan fingerprint density at radius 3 is 2.14 bits per heavy atom. The first-order valence-electron chi connectivity index (χ1n) is 5.87. The Morgan fingerprint density at radius 1 is 1.00 bits per heavy atom. The van der Waals surface area contributed by atoms with Gasteiger partial charge in [0.2, 0.25) is 0 Å². The summed E-state index contributed by atoms with van der Waals surface area (Å²) >= 11 is 0. The van der Waals surface area contributed by atoms with Gasteiger partial charge in [-0.2, -0.15) is 0 Å². The van der Waals surface area contributed by atoms with Gasteiger partial charge in [0.1, 0.15) is 0 Å². The van der Waals surface area contributed by atoms with E-state index in [1.54, 1.807) is 0 Å². The molecule has 2 nitrogen and oxygen atoms in total. The van der Waals surface area contributed by atoms with E-state index < -0.39 is 0 Å². The van der Waals surface area contributed by atoms with E-state index in [9.17, 15) is 0 Å². The predicted molar refractivity (Wildman–Crippen MR) is 62.6 cm³/mol. The lowest BCUT2D eigenvalue weighted by Gasteiger charge is -2.15. The van der Waals surface area contributed by atoms with Crippen molar-refractivity contribution in [3.05, 3.63) is 0 Å². The molecule has 0 amide bonds. The summed E-state index contributed by atoms with van der Waals surface area (Å²) in [7, 11) is 0. The van der Waals surface area contributed by atoms with Crippen LogP contribution >= 0.6 is 0 Å². The molecule has 0 aromatic carbocycles. The summed E-state index contributed by atoms with van der Waals surface area (Å²) in [5.41, 5.74) is 0. The average Bonchev–Trinajstić information content (AvgIpc) is 2.02. The van der Waals surface area contributed by atoms with Crippen LogP contribution in [-0.2, 0) is 4.74 Å². The molecule has 0 bridgehead atoms. The number of rotatable bonds is 8. The number of hydrogen-bond acceptors (Lipinski definition) is 2. The Labute approximate surface area is 89.4 Å². The molecule has 0 aliphatic heterocycles. The molecule has 1 unspecified atom stereocenters. The molecule has 0 aromatic heterocycles. The zero-order chi connectivity index (χ0) is 11.0. The smallest absolute Gasteiger partial charge is 0.0559 e. The number of nitrogens with one attached hydrogen (secondary N) is 1. The highest BCUT2D eigenvalue weighted by atomic mass is 16.5. The third-order valence-electron chi connectivity index (χ3n) is 2.20. The van der Waals surface area contributed by atoms with Crippen LogP contribution in [0.1, 0.15) is 47.5 Å². The van der Waals surface area contributed by atoms with Crippen LogP contribution in [0.4, 0.5) is 0 Å². The second-order valence-corrected chi connectivity index (χ2v) is 4.76. The van der Waals surface area contributed by atoms with Gasteiger partial charge in [-0.05, 0) is 32.2 Å². The second-order valence-electron chi connectivity index (χ2n) is 4.76. The third kappa shape index (κ3) is 10.0. The van der Waals surface area contributed by atoms with Crippen molar-refractivity contribution in [1.29, 1.82) is 0 Å². The first-order valence-corrected chi connectivity index (χ1v) is 5.87. The molecule has 0 spiro atoms. The van der Waals surface area contributed by atoms with Gasteiger partial charge in [0.15, 0.2) is 0 Å². The highest BCUT2D eigenvalue weighted by Gasteiger charge is 2.02. The van der Waals surface area contributed by atoms with Crippen molar-refractivity contribution in [1.82, 2.24) is 5.32 Å². The number of hydrogen-bond donors (Lipinski definition) is 1. The zero-order valence-corrected chi connectivity index (χ0v) is 10.5. The van der Waals surface area contributed by atoms with Gasteiger partial charge in [0.05, 0.1) is 6.10 Å². The highest BCUT2D eigenvalue weighted by Crippen LogP contribution is 2.03. The monoisotopic (exact) mass is 201 g/mol. The Morgan fingerprint density at radius 2 is 1.64 bits per heavy atom. The van der Waals surface area contributed by atoms with Crippen molar-refractivity contribution in [3.63, 3.8) is 0 Å². The van der Waals surface area contributed by atoms with E-state index in [-0.39, 0.29) is 0 Å². The van der Waals surface area contributed by atoms with Gasteiger partial charge in [-0.25, -0.2) is 0 Å². The molecule has 0 saturated heterocycles. The Bertz CT molecular complexity index is 109. The van der Waals surface area contributed by atoms with E-state index in [0.717, 1.165) is 25.5 Å². The van der Waals surface area contributed by atoms with E-state index in [2.05, 4.69) is 39.9 Å². The summed E-state index contributed by atoms with van der Waals surface area (Å²) in [5, 5.41) is 3.40. The van der Waals surface area contributed by atoms with Crippen LogP contribution in [0, 0.1) is 5.92 Å². The topological polar surface area (TPSA) is 21.3 Å². The minimum absolute atomic E-state index is 0.389. The standard InChI is InChI=1S/C12H27NO/c1-10(2)7-9-14-12(5)6-8-13-11(3)4/h10-13H,6-9H2,1-5H3. The van der Waals surface area contributed by atoms with E-state index in [1.165, 1.54) is 6.42 Å². The Hall–Kier alpha value is -0.0800. The van der Waals surface area contributed by atoms with Crippen LogP contribution in [0.5, 0.6) is 0 Å². The van der Waals surface area contributed by atoms with E-state index >= 15 is 0 Å². The lowest BCUT2D eigenvalue weighted by atomic mass is 10.1. The second kappa shape index (κ2) is 8.25. The molecule has 14 heavy (non-hydrogen) atoms. The van der Waals surface area contributed by atoms with Gasteiger partial charge in [-0.3, -0.25) is 0 Å². The van der Waals surface area contributed by atoms with Gasteiger partial charge >= 0.3 is 0 Å². The summed E-state index contributed by atoms with van der Waals surface area (Å²) in [6, 6.07) is 0.581. The molecule has 0 aromatic rings. The molecule has 0 radical (unpaired) electrons. The Balaban J connectivity index is 3.23. The lowest BCUT2D eigenvalue weighted by Crippen LogP contribution is -2.26. The van der Waals surface area contributed by atoms with Gasteiger partial charge in [0.25, 0.3) is 0 Å². The van der Waals surface area contributed by atoms with Crippen molar-refractivity contribution in [2.75, 3.05) is 13.2 Å². The molecule has 0 rings (SSSR count). The van der Waals surface area contributed by atoms with Gasteiger partial charge in [0, 0.05) is 12.6 Å². The Kier molecular flexibility index (Phi) is 8.20. The molecular formula is C12H27NO. The minimum atomic E-state index is 0.389. The molecule has 2 heteroatoms. The summed E-state index contributed by atoms with van der Waals surface area (Å²) in [4.78, 5) is 0. The van der Waals surface area contributed by atoms with Crippen LogP contribution in [0.2, 0.25) is 0 Å². The molecule has 0 saturated carbocycles. The predicted octanol–water partition coefficient (Wildman–Crippen LogP) is 2.83. The fraction of sp³-hybridized carbons (Fsp3) is 1.00. The summed E-state index contributed by atoms with van der Waals surface area (Å²) < 4.78 is 5.69. The molecule has 1 N–H and O–H groups in total. The largest absolute Gasteiger partial charge is 0.378 e. The first-order chi connectivity index (χ1) is 6.52. The van der Waals surface area contributed by atoms with Crippen molar-refractivity contribution in [2.24, 2.45) is 5.92 Å². The number of ether oxygens (including phenoxy) is 1. The quantitative estimate of drug-likeness (QED) is 0.652.